The normalized spacial score (nSPS) is 13.5. The van der Waals surface area contributed by atoms with Crippen LogP contribution in [0.25, 0.3) is 0 Å². The quantitative estimate of drug-likeness (QED) is 0.469. The number of nitrogens with one attached hydrogen (secondary N) is 2. The summed E-state index contributed by atoms with van der Waals surface area (Å²) in [7, 11) is 1.46. The second kappa shape index (κ2) is 7.44. The fraction of sp³-hybridized carbons (Fsp3) is 0.667. The SMILES string of the molecule is COCC(C)NC(=O)N[C@@H](CC(=O)O)C(=O)O. The Morgan fingerprint density at radius 2 is 1.82 bits per heavy atom. The zero-order valence-corrected chi connectivity index (χ0v) is 9.60. The van der Waals surface area contributed by atoms with Crippen molar-refractivity contribution in [1.29, 1.82) is 0 Å². The molecule has 0 aliphatic rings. The minimum absolute atomic E-state index is 0.268. The van der Waals surface area contributed by atoms with E-state index in [1.165, 1.54) is 7.11 Å². The van der Waals surface area contributed by atoms with Crippen molar-refractivity contribution in [2.24, 2.45) is 0 Å². The molecule has 0 aromatic carbocycles. The largest absolute Gasteiger partial charge is 0.481 e. The molecule has 0 aliphatic heterocycles. The maximum atomic E-state index is 11.3. The number of aliphatic carboxylic acids is 2. The van der Waals surface area contributed by atoms with Crippen LogP contribution in [0.1, 0.15) is 13.3 Å². The summed E-state index contributed by atoms with van der Waals surface area (Å²) in [6.07, 6.45) is -0.679. The molecule has 0 heterocycles. The number of amides is 2. The second-order valence-corrected chi connectivity index (χ2v) is 3.46. The first-order valence-corrected chi connectivity index (χ1v) is 4.87. The number of hydrogen-bond donors (Lipinski definition) is 4. The van der Waals surface area contributed by atoms with E-state index in [2.05, 4.69) is 10.6 Å². The molecule has 8 heteroatoms. The van der Waals surface area contributed by atoms with E-state index in [0.29, 0.717) is 0 Å². The van der Waals surface area contributed by atoms with E-state index in [-0.39, 0.29) is 12.6 Å². The molecular formula is C9H16N2O6. The molecule has 0 rings (SSSR count). The molecule has 0 fully saturated rings. The Balaban J connectivity index is 4.21. The van der Waals surface area contributed by atoms with Crippen molar-refractivity contribution in [3.05, 3.63) is 0 Å². The molecule has 17 heavy (non-hydrogen) atoms. The van der Waals surface area contributed by atoms with Crippen molar-refractivity contribution in [3.8, 4) is 0 Å². The van der Waals surface area contributed by atoms with E-state index in [1.807, 2.05) is 0 Å². The maximum absolute atomic E-state index is 11.3. The highest BCUT2D eigenvalue weighted by molar-refractivity contribution is 5.86. The Hall–Kier alpha value is -1.83. The van der Waals surface area contributed by atoms with Gasteiger partial charge < -0.3 is 25.6 Å². The molecule has 0 saturated carbocycles. The average molecular weight is 248 g/mol. The minimum Gasteiger partial charge on any atom is -0.481 e. The zero-order valence-electron chi connectivity index (χ0n) is 9.60. The van der Waals surface area contributed by atoms with Crippen molar-refractivity contribution < 1.29 is 29.3 Å². The molecule has 0 radical (unpaired) electrons. The van der Waals surface area contributed by atoms with E-state index in [9.17, 15) is 14.4 Å². The van der Waals surface area contributed by atoms with Gasteiger partial charge in [0, 0.05) is 7.11 Å². The van der Waals surface area contributed by atoms with Gasteiger partial charge >= 0.3 is 18.0 Å². The van der Waals surface area contributed by atoms with Crippen LogP contribution in [-0.4, -0.2) is 54.0 Å². The van der Waals surface area contributed by atoms with E-state index in [4.69, 9.17) is 14.9 Å². The number of rotatable bonds is 7. The van der Waals surface area contributed by atoms with E-state index in [0.717, 1.165) is 0 Å². The first-order chi connectivity index (χ1) is 7.86. The first kappa shape index (κ1) is 15.2. The number of carboxylic acids is 2. The lowest BCUT2D eigenvalue weighted by Gasteiger charge is -2.16. The van der Waals surface area contributed by atoms with Gasteiger partial charge in [0.2, 0.25) is 0 Å². The Labute approximate surface area is 97.9 Å². The third-order valence-corrected chi connectivity index (χ3v) is 1.78. The summed E-state index contributed by atoms with van der Waals surface area (Å²) in [5, 5.41) is 21.6. The van der Waals surface area contributed by atoms with Gasteiger partial charge in [0.15, 0.2) is 0 Å². The van der Waals surface area contributed by atoms with Gasteiger partial charge in [0.1, 0.15) is 6.04 Å². The monoisotopic (exact) mass is 248 g/mol. The minimum atomic E-state index is -1.46. The van der Waals surface area contributed by atoms with Crippen LogP contribution in [0.2, 0.25) is 0 Å². The van der Waals surface area contributed by atoms with Gasteiger partial charge in [-0.25, -0.2) is 9.59 Å². The lowest BCUT2D eigenvalue weighted by Crippen LogP contribution is -2.49. The lowest BCUT2D eigenvalue weighted by atomic mass is 10.2. The van der Waals surface area contributed by atoms with Gasteiger partial charge in [-0.05, 0) is 6.92 Å². The van der Waals surface area contributed by atoms with E-state index in [1.54, 1.807) is 6.92 Å². The number of hydrogen-bond acceptors (Lipinski definition) is 4. The van der Waals surface area contributed by atoms with E-state index >= 15 is 0 Å². The molecular weight excluding hydrogens is 232 g/mol. The summed E-state index contributed by atoms with van der Waals surface area (Å²) >= 11 is 0. The van der Waals surface area contributed by atoms with Crippen molar-refractivity contribution >= 4 is 18.0 Å². The van der Waals surface area contributed by atoms with Crippen LogP contribution in [0.5, 0.6) is 0 Å². The molecule has 1 unspecified atom stereocenters. The second-order valence-electron chi connectivity index (χ2n) is 3.46. The summed E-state index contributed by atoms with van der Waals surface area (Å²) in [6.45, 7) is 1.93. The third-order valence-electron chi connectivity index (χ3n) is 1.78. The Bertz CT molecular complexity index is 293. The van der Waals surface area contributed by atoms with E-state index < -0.39 is 30.4 Å². The number of methoxy groups -OCH3 is 1. The number of carboxylic acid groups (broad SMARTS) is 2. The molecule has 2 amide bonds. The van der Waals surface area contributed by atoms with Crippen LogP contribution in [0.3, 0.4) is 0 Å². The lowest BCUT2D eigenvalue weighted by molar-refractivity contribution is -0.145. The summed E-state index contributed by atoms with van der Waals surface area (Å²) in [5.41, 5.74) is 0. The summed E-state index contributed by atoms with van der Waals surface area (Å²) in [4.78, 5) is 32.3. The number of ether oxygens (including phenoxy) is 1. The molecule has 0 spiro atoms. The predicted octanol–water partition coefficient (Wildman–Crippen LogP) is -0.752. The highest BCUT2D eigenvalue weighted by Gasteiger charge is 2.23. The molecule has 8 nitrogen and oxygen atoms in total. The van der Waals surface area contributed by atoms with Gasteiger partial charge in [-0.2, -0.15) is 0 Å². The topological polar surface area (TPSA) is 125 Å². The van der Waals surface area contributed by atoms with Crippen molar-refractivity contribution in [2.45, 2.75) is 25.4 Å². The van der Waals surface area contributed by atoms with Crippen LogP contribution in [0.15, 0.2) is 0 Å². The van der Waals surface area contributed by atoms with Crippen molar-refractivity contribution in [2.75, 3.05) is 13.7 Å². The first-order valence-electron chi connectivity index (χ1n) is 4.87. The third kappa shape index (κ3) is 7.12. The van der Waals surface area contributed by atoms with Gasteiger partial charge in [0.05, 0.1) is 19.1 Å². The fourth-order valence-corrected chi connectivity index (χ4v) is 1.09. The fourth-order valence-electron chi connectivity index (χ4n) is 1.09. The Kier molecular flexibility index (Phi) is 6.64. The molecule has 0 aromatic rings. The van der Waals surface area contributed by atoms with Crippen LogP contribution in [0.4, 0.5) is 4.79 Å². The maximum Gasteiger partial charge on any atom is 0.326 e. The Morgan fingerprint density at radius 3 is 2.24 bits per heavy atom. The summed E-state index contributed by atoms with van der Waals surface area (Å²) in [6, 6.07) is -2.51. The average Bonchev–Trinajstić information content (AvgIpc) is 2.15. The number of carbonyl (C=O) groups is 3. The van der Waals surface area contributed by atoms with Gasteiger partial charge in [-0.1, -0.05) is 0 Å². The Morgan fingerprint density at radius 1 is 1.24 bits per heavy atom. The molecule has 0 aromatic heterocycles. The molecule has 0 saturated heterocycles. The molecule has 4 N–H and O–H groups in total. The highest BCUT2D eigenvalue weighted by Crippen LogP contribution is 1.93. The highest BCUT2D eigenvalue weighted by atomic mass is 16.5. The molecule has 98 valence electrons. The number of carbonyl (C=O) groups excluding carboxylic acids is 1. The summed E-state index contributed by atoms with van der Waals surface area (Å²) < 4.78 is 4.77. The van der Waals surface area contributed by atoms with Crippen LogP contribution in [0, 0.1) is 0 Å². The smallest absolute Gasteiger partial charge is 0.326 e. The van der Waals surface area contributed by atoms with Gasteiger partial charge in [0.25, 0.3) is 0 Å². The van der Waals surface area contributed by atoms with Gasteiger partial charge in [-0.3, -0.25) is 4.79 Å². The summed E-state index contributed by atoms with van der Waals surface area (Å²) in [5.74, 6) is -2.70. The van der Waals surface area contributed by atoms with Crippen LogP contribution in [-0.2, 0) is 14.3 Å². The number of urea groups is 1. The van der Waals surface area contributed by atoms with Crippen LogP contribution < -0.4 is 10.6 Å². The molecule has 0 aliphatic carbocycles. The zero-order chi connectivity index (χ0) is 13.4. The van der Waals surface area contributed by atoms with Gasteiger partial charge in [-0.15, -0.1) is 0 Å². The predicted molar refractivity (Wildman–Crippen MR) is 56.7 cm³/mol. The molecule has 2 atom stereocenters. The van der Waals surface area contributed by atoms with Crippen molar-refractivity contribution in [1.82, 2.24) is 10.6 Å². The molecule has 0 bridgehead atoms. The van der Waals surface area contributed by atoms with Crippen LogP contribution >= 0.6 is 0 Å². The standard InChI is InChI=1S/C9H16N2O6/c1-5(4-17-2)10-9(16)11-6(8(14)15)3-7(12)13/h5-6H,3-4H2,1-2H3,(H,12,13)(H,14,15)(H2,10,11,16)/t5?,6-/m0/s1. The van der Waals surface area contributed by atoms with Crippen molar-refractivity contribution in [3.63, 3.8) is 0 Å².